The van der Waals surface area contributed by atoms with E-state index >= 15 is 0 Å². The lowest BCUT2D eigenvalue weighted by atomic mass is 9.83. The molecular formula is C13H15F2N. The van der Waals surface area contributed by atoms with Gasteiger partial charge in [0.2, 0.25) is 0 Å². The summed E-state index contributed by atoms with van der Waals surface area (Å²) in [4.78, 5) is 0. The fourth-order valence-corrected chi connectivity index (χ4v) is 2.95. The lowest BCUT2D eigenvalue weighted by molar-refractivity contribution is 0.333. The van der Waals surface area contributed by atoms with Gasteiger partial charge in [0.1, 0.15) is 0 Å². The molecule has 3 heteroatoms. The highest BCUT2D eigenvalue weighted by atomic mass is 19.2. The van der Waals surface area contributed by atoms with Gasteiger partial charge in [-0.15, -0.1) is 0 Å². The van der Waals surface area contributed by atoms with Crippen molar-refractivity contribution in [1.29, 1.82) is 0 Å². The van der Waals surface area contributed by atoms with Crippen LogP contribution in [0.2, 0.25) is 0 Å². The second kappa shape index (κ2) is 3.52. The van der Waals surface area contributed by atoms with Crippen LogP contribution in [0.4, 0.5) is 8.78 Å². The highest BCUT2D eigenvalue weighted by Gasteiger charge is 2.47. The molecule has 0 aromatic heterocycles. The standard InChI is InChI=1S/C13H15F2N/c14-11-5-4-10(8-12(11)15)13(9-2-3-9)6-1-7-16-13/h4-5,8-9,16H,1-3,6-7H2. The first-order valence-electron chi connectivity index (χ1n) is 5.93. The lowest BCUT2D eigenvalue weighted by Crippen LogP contribution is -2.39. The molecule has 0 amide bonds. The SMILES string of the molecule is Fc1ccc(C2(C3CC3)CCCN2)cc1F. The van der Waals surface area contributed by atoms with E-state index in [1.54, 1.807) is 6.07 Å². The van der Waals surface area contributed by atoms with Gasteiger partial charge in [0.05, 0.1) is 0 Å². The van der Waals surface area contributed by atoms with E-state index < -0.39 is 11.6 Å². The maximum atomic E-state index is 13.3. The normalized spacial score (nSPS) is 29.6. The first kappa shape index (κ1) is 10.2. The summed E-state index contributed by atoms with van der Waals surface area (Å²) < 4.78 is 26.2. The summed E-state index contributed by atoms with van der Waals surface area (Å²) in [5.41, 5.74) is 0.848. The summed E-state index contributed by atoms with van der Waals surface area (Å²) in [5, 5.41) is 3.51. The highest BCUT2D eigenvalue weighted by molar-refractivity contribution is 5.30. The molecule has 1 unspecified atom stereocenters. The molecule has 1 aromatic rings. The molecule has 86 valence electrons. The Kier molecular flexibility index (Phi) is 2.25. The van der Waals surface area contributed by atoms with Crippen LogP contribution < -0.4 is 5.32 Å². The summed E-state index contributed by atoms with van der Waals surface area (Å²) in [6, 6.07) is 4.34. The Morgan fingerprint density at radius 1 is 1.19 bits per heavy atom. The molecule has 1 aromatic carbocycles. The number of rotatable bonds is 2. The zero-order chi connectivity index (χ0) is 11.2. The monoisotopic (exact) mass is 223 g/mol. The first-order chi connectivity index (χ1) is 7.72. The van der Waals surface area contributed by atoms with Crippen molar-refractivity contribution in [2.24, 2.45) is 5.92 Å². The van der Waals surface area contributed by atoms with E-state index in [2.05, 4.69) is 5.32 Å². The van der Waals surface area contributed by atoms with E-state index in [9.17, 15) is 8.78 Å². The average molecular weight is 223 g/mol. The molecule has 1 saturated carbocycles. The first-order valence-corrected chi connectivity index (χ1v) is 5.93. The van der Waals surface area contributed by atoms with Crippen molar-refractivity contribution in [3.8, 4) is 0 Å². The molecule has 0 spiro atoms. The third kappa shape index (κ3) is 1.46. The van der Waals surface area contributed by atoms with Crippen LogP contribution in [0.15, 0.2) is 18.2 Å². The average Bonchev–Trinajstić information content (AvgIpc) is 3.02. The van der Waals surface area contributed by atoms with Gasteiger partial charge in [-0.25, -0.2) is 8.78 Å². The number of nitrogens with one attached hydrogen (secondary N) is 1. The van der Waals surface area contributed by atoms with Gasteiger partial charge in [-0.3, -0.25) is 0 Å². The van der Waals surface area contributed by atoms with Crippen molar-refractivity contribution in [1.82, 2.24) is 5.32 Å². The Balaban J connectivity index is 2.02. The van der Waals surface area contributed by atoms with Crippen molar-refractivity contribution in [3.63, 3.8) is 0 Å². The maximum Gasteiger partial charge on any atom is 0.159 e. The van der Waals surface area contributed by atoms with E-state index in [0.717, 1.165) is 24.9 Å². The van der Waals surface area contributed by atoms with Crippen LogP contribution in [0.1, 0.15) is 31.2 Å². The quantitative estimate of drug-likeness (QED) is 0.812. The predicted molar refractivity (Wildman–Crippen MR) is 58.0 cm³/mol. The zero-order valence-electron chi connectivity index (χ0n) is 9.10. The van der Waals surface area contributed by atoms with Gasteiger partial charge in [0, 0.05) is 5.54 Å². The van der Waals surface area contributed by atoms with Crippen LogP contribution >= 0.6 is 0 Å². The second-order valence-electron chi connectivity index (χ2n) is 4.90. The summed E-state index contributed by atoms with van der Waals surface area (Å²) in [6.07, 6.45) is 4.57. The predicted octanol–water partition coefficient (Wildman–Crippen LogP) is 2.95. The van der Waals surface area contributed by atoms with Gasteiger partial charge in [0.15, 0.2) is 11.6 Å². The minimum absolute atomic E-state index is 0.0749. The lowest BCUT2D eigenvalue weighted by Gasteiger charge is -2.30. The van der Waals surface area contributed by atoms with Crippen LogP contribution in [-0.2, 0) is 5.54 Å². The Labute approximate surface area is 93.9 Å². The van der Waals surface area contributed by atoms with Crippen molar-refractivity contribution < 1.29 is 8.78 Å². The fourth-order valence-electron chi connectivity index (χ4n) is 2.95. The molecule has 2 aliphatic rings. The van der Waals surface area contributed by atoms with Crippen LogP contribution in [-0.4, -0.2) is 6.54 Å². The molecule has 0 bridgehead atoms. The molecule has 2 fully saturated rings. The Bertz CT molecular complexity index is 406. The molecule has 0 radical (unpaired) electrons. The Morgan fingerprint density at radius 3 is 2.56 bits per heavy atom. The van der Waals surface area contributed by atoms with Gasteiger partial charge in [-0.2, -0.15) is 0 Å². The van der Waals surface area contributed by atoms with Crippen LogP contribution in [0.3, 0.4) is 0 Å². The molecule has 16 heavy (non-hydrogen) atoms. The second-order valence-corrected chi connectivity index (χ2v) is 4.90. The zero-order valence-corrected chi connectivity index (χ0v) is 9.10. The molecule has 1 heterocycles. The smallest absolute Gasteiger partial charge is 0.159 e. The van der Waals surface area contributed by atoms with E-state index in [-0.39, 0.29) is 5.54 Å². The van der Waals surface area contributed by atoms with Gasteiger partial charge < -0.3 is 5.32 Å². The molecule has 1 saturated heterocycles. The number of halogens is 2. The number of benzene rings is 1. The minimum atomic E-state index is -0.757. The van der Waals surface area contributed by atoms with Gasteiger partial charge in [-0.1, -0.05) is 6.07 Å². The molecule has 1 nitrogen and oxygen atoms in total. The Hall–Kier alpha value is -0.960. The summed E-state index contributed by atoms with van der Waals surface area (Å²) in [7, 11) is 0. The molecule has 1 aliphatic carbocycles. The van der Waals surface area contributed by atoms with Crippen LogP contribution in [0.5, 0.6) is 0 Å². The summed E-state index contributed by atoms with van der Waals surface area (Å²) >= 11 is 0. The van der Waals surface area contributed by atoms with Crippen LogP contribution in [0.25, 0.3) is 0 Å². The molecule has 1 atom stereocenters. The molecule has 3 rings (SSSR count). The van der Waals surface area contributed by atoms with E-state index in [1.807, 2.05) is 0 Å². The maximum absolute atomic E-state index is 13.3. The molecule has 1 aliphatic heterocycles. The van der Waals surface area contributed by atoms with E-state index in [0.29, 0.717) is 5.92 Å². The van der Waals surface area contributed by atoms with Crippen molar-refractivity contribution >= 4 is 0 Å². The van der Waals surface area contributed by atoms with Crippen molar-refractivity contribution in [2.75, 3.05) is 6.54 Å². The topological polar surface area (TPSA) is 12.0 Å². The van der Waals surface area contributed by atoms with Gasteiger partial charge in [-0.05, 0) is 55.8 Å². The van der Waals surface area contributed by atoms with Crippen molar-refractivity contribution in [2.45, 2.75) is 31.2 Å². The van der Waals surface area contributed by atoms with Gasteiger partial charge >= 0.3 is 0 Å². The number of hydrogen-bond acceptors (Lipinski definition) is 1. The van der Waals surface area contributed by atoms with Crippen molar-refractivity contribution in [3.05, 3.63) is 35.4 Å². The Morgan fingerprint density at radius 2 is 2.00 bits per heavy atom. The summed E-state index contributed by atoms with van der Waals surface area (Å²) in [6.45, 7) is 0.982. The molecule has 1 N–H and O–H groups in total. The molecular weight excluding hydrogens is 208 g/mol. The number of hydrogen-bond donors (Lipinski definition) is 1. The van der Waals surface area contributed by atoms with E-state index in [4.69, 9.17) is 0 Å². The van der Waals surface area contributed by atoms with Gasteiger partial charge in [0.25, 0.3) is 0 Å². The third-order valence-corrected chi connectivity index (χ3v) is 3.90. The third-order valence-electron chi connectivity index (χ3n) is 3.90. The summed E-state index contributed by atoms with van der Waals surface area (Å²) in [5.74, 6) is -0.876. The minimum Gasteiger partial charge on any atom is -0.307 e. The van der Waals surface area contributed by atoms with Crippen LogP contribution in [0, 0.1) is 17.6 Å². The largest absolute Gasteiger partial charge is 0.307 e. The van der Waals surface area contributed by atoms with E-state index in [1.165, 1.54) is 25.0 Å². The highest BCUT2D eigenvalue weighted by Crippen LogP contribution is 2.50. The fraction of sp³-hybridized carbons (Fsp3) is 0.538.